The van der Waals surface area contributed by atoms with Crippen molar-refractivity contribution in [3.8, 4) is 5.75 Å². The standard InChI is InChI=1S/C29H37ClN8O3/c1-18-13-21(38-8-7-20(17-38)36(2)3)14-22(27(31)39)26(18)34-28-23(30)16-32-29(35-28)33-24-6-5-19(15-25(24)40-4)37-9-11-41-12-10-37/h5-6,13-16,20H,7-12,17H2,1-4H3,(H2,31,39)(H2,32,33,34,35)/t20-/m0/s1. The lowest BCUT2D eigenvalue weighted by Crippen LogP contribution is -2.36. The van der Waals surface area contributed by atoms with E-state index in [4.69, 9.17) is 26.8 Å². The van der Waals surface area contributed by atoms with E-state index in [1.54, 1.807) is 7.11 Å². The molecule has 3 heterocycles. The highest BCUT2D eigenvalue weighted by atomic mass is 35.5. The van der Waals surface area contributed by atoms with Gasteiger partial charge < -0.3 is 40.5 Å². The number of halogens is 1. The van der Waals surface area contributed by atoms with Crippen LogP contribution >= 0.6 is 11.6 Å². The van der Waals surface area contributed by atoms with Crippen LogP contribution in [0.4, 0.5) is 34.5 Å². The Morgan fingerprint density at radius 1 is 1.12 bits per heavy atom. The first kappa shape index (κ1) is 28.7. The maximum Gasteiger partial charge on any atom is 0.250 e. The molecule has 1 aromatic heterocycles. The number of carbonyl (C=O) groups excluding carboxylic acids is 1. The number of rotatable bonds is 9. The number of hydrogen-bond acceptors (Lipinski definition) is 10. The number of nitrogens with two attached hydrogens (primary N) is 1. The van der Waals surface area contributed by atoms with Crippen molar-refractivity contribution < 1.29 is 14.3 Å². The van der Waals surface area contributed by atoms with Crippen molar-refractivity contribution in [1.29, 1.82) is 0 Å². The summed E-state index contributed by atoms with van der Waals surface area (Å²) in [5.41, 5.74) is 10.4. The Labute approximate surface area is 245 Å². The second-order valence-corrected chi connectivity index (χ2v) is 10.9. The summed E-state index contributed by atoms with van der Waals surface area (Å²) in [7, 11) is 5.80. The number of aromatic nitrogens is 2. The summed E-state index contributed by atoms with van der Waals surface area (Å²) in [4.78, 5) is 28.3. The van der Waals surface area contributed by atoms with E-state index in [0.717, 1.165) is 49.5 Å². The highest BCUT2D eigenvalue weighted by Crippen LogP contribution is 2.35. The zero-order valence-electron chi connectivity index (χ0n) is 23.9. The molecule has 2 aliphatic rings. The van der Waals surface area contributed by atoms with Gasteiger partial charge in [0.05, 0.1) is 43.5 Å². The summed E-state index contributed by atoms with van der Waals surface area (Å²) in [6.45, 7) is 6.79. The third-order valence-electron chi connectivity index (χ3n) is 7.64. The largest absolute Gasteiger partial charge is 0.494 e. The van der Waals surface area contributed by atoms with Crippen molar-refractivity contribution in [3.05, 3.63) is 52.7 Å². The number of nitrogens with zero attached hydrogens (tertiary/aromatic N) is 5. The molecule has 11 nitrogen and oxygen atoms in total. The van der Waals surface area contributed by atoms with Gasteiger partial charge in [0, 0.05) is 49.7 Å². The van der Waals surface area contributed by atoms with Crippen LogP contribution in [-0.4, -0.2) is 87.4 Å². The second kappa shape index (κ2) is 12.4. The first-order valence-electron chi connectivity index (χ1n) is 13.7. The van der Waals surface area contributed by atoms with Crippen LogP contribution in [0.3, 0.4) is 0 Å². The number of anilines is 6. The molecule has 2 aromatic carbocycles. The molecule has 4 N–H and O–H groups in total. The number of morpholine rings is 1. The van der Waals surface area contributed by atoms with E-state index >= 15 is 0 Å². The van der Waals surface area contributed by atoms with Gasteiger partial charge in [-0.3, -0.25) is 4.79 Å². The van der Waals surface area contributed by atoms with Gasteiger partial charge in [-0.1, -0.05) is 11.6 Å². The molecule has 0 aliphatic carbocycles. The first-order chi connectivity index (χ1) is 19.7. The Balaban J connectivity index is 1.38. The Morgan fingerprint density at radius 3 is 2.59 bits per heavy atom. The molecule has 1 amide bonds. The van der Waals surface area contributed by atoms with Gasteiger partial charge in [0.1, 0.15) is 10.8 Å². The lowest BCUT2D eigenvalue weighted by molar-refractivity contribution is 0.100. The molecule has 2 aliphatic heterocycles. The lowest BCUT2D eigenvalue weighted by Gasteiger charge is -2.29. The zero-order valence-corrected chi connectivity index (χ0v) is 24.7. The topological polar surface area (TPSA) is 121 Å². The minimum absolute atomic E-state index is 0.303. The molecule has 0 radical (unpaired) electrons. The summed E-state index contributed by atoms with van der Waals surface area (Å²) >= 11 is 6.49. The third kappa shape index (κ3) is 6.42. The quantitative estimate of drug-likeness (QED) is 0.342. The zero-order chi connectivity index (χ0) is 29.1. The summed E-state index contributed by atoms with van der Waals surface area (Å²) < 4.78 is 11.1. The molecule has 0 spiro atoms. The average molecular weight is 581 g/mol. The van der Waals surface area contributed by atoms with Gasteiger partial charge in [-0.15, -0.1) is 0 Å². The molecule has 3 aromatic rings. The van der Waals surface area contributed by atoms with Crippen LogP contribution in [0, 0.1) is 6.92 Å². The van der Waals surface area contributed by atoms with Crippen molar-refractivity contribution >= 4 is 52.0 Å². The van der Waals surface area contributed by atoms with Crippen molar-refractivity contribution in [2.24, 2.45) is 5.73 Å². The molecule has 0 saturated carbocycles. The number of primary amides is 1. The molecular formula is C29H37ClN8O3. The number of aryl methyl sites for hydroxylation is 1. The minimum atomic E-state index is -0.533. The van der Waals surface area contributed by atoms with Crippen LogP contribution in [0.2, 0.25) is 5.02 Å². The Hall–Kier alpha value is -3.80. The number of amides is 1. The van der Waals surface area contributed by atoms with Crippen molar-refractivity contribution in [1.82, 2.24) is 14.9 Å². The molecule has 0 unspecified atom stereocenters. The van der Waals surface area contributed by atoms with Crippen LogP contribution in [0.5, 0.6) is 5.75 Å². The van der Waals surface area contributed by atoms with Gasteiger partial charge in [0.25, 0.3) is 5.91 Å². The molecular weight excluding hydrogens is 544 g/mol. The van der Waals surface area contributed by atoms with Gasteiger partial charge in [-0.25, -0.2) is 4.98 Å². The molecule has 2 fully saturated rings. The number of likely N-dealkylation sites (N-methyl/N-ethyl adjacent to an activating group) is 1. The van der Waals surface area contributed by atoms with Crippen LogP contribution < -0.4 is 30.9 Å². The van der Waals surface area contributed by atoms with E-state index in [1.807, 2.05) is 31.2 Å². The maximum absolute atomic E-state index is 12.6. The molecule has 5 rings (SSSR count). The van der Waals surface area contributed by atoms with Crippen molar-refractivity contribution in [3.63, 3.8) is 0 Å². The number of methoxy groups -OCH3 is 1. The fraction of sp³-hybridized carbons (Fsp3) is 0.414. The predicted molar refractivity (Wildman–Crippen MR) is 164 cm³/mol. The van der Waals surface area contributed by atoms with Crippen LogP contribution in [-0.2, 0) is 4.74 Å². The van der Waals surface area contributed by atoms with Crippen molar-refractivity contribution in [2.45, 2.75) is 19.4 Å². The van der Waals surface area contributed by atoms with Crippen LogP contribution in [0.15, 0.2) is 36.5 Å². The van der Waals surface area contributed by atoms with E-state index in [-0.39, 0.29) is 0 Å². The number of carbonyl (C=O) groups is 1. The Bertz CT molecular complexity index is 1410. The van der Waals surface area contributed by atoms with Crippen molar-refractivity contribution in [2.75, 3.05) is 81.0 Å². The molecule has 1 atom stereocenters. The lowest BCUT2D eigenvalue weighted by atomic mass is 10.0. The predicted octanol–water partition coefficient (Wildman–Crippen LogP) is 4.01. The fourth-order valence-electron chi connectivity index (χ4n) is 5.26. The van der Waals surface area contributed by atoms with Gasteiger partial charge in [-0.05, 0) is 57.3 Å². The van der Waals surface area contributed by atoms with Gasteiger partial charge in [-0.2, -0.15) is 4.98 Å². The maximum atomic E-state index is 12.6. The Kier molecular flexibility index (Phi) is 8.67. The van der Waals surface area contributed by atoms with Gasteiger partial charge in [0.2, 0.25) is 5.95 Å². The monoisotopic (exact) mass is 580 g/mol. The van der Waals surface area contributed by atoms with Gasteiger partial charge >= 0.3 is 0 Å². The third-order valence-corrected chi connectivity index (χ3v) is 7.92. The normalized spacial score (nSPS) is 17.2. The van der Waals surface area contributed by atoms with E-state index in [9.17, 15) is 4.79 Å². The van der Waals surface area contributed by atoms with E-state index in [1.165, 1.54) is 6.20 Å². The summed E-state index contributed by atoms with van der Waals surface area (Å²) in [5.74, 6) is 0.786. The number of hydrogen-bond donors (Lipinski definition) is 3. The van der Waals surface area contributed by atoms with E-state index in [2.05, 4.69) is 55.5 Å². The summed E-state index contributed by atoms with van der Waals surface area (Å²) in [5, 5.41) is 6.77. The first-order valence-corrected chi connectivity index (χ1v) is 14.0. The smallest absolute Gasteiger partial charge is 0.250 e. The molecule has 2 saturated heterocycles. The average Bonchev–Trinajstić information content (AvgIpc) is 3.47. The summed E-state index contributed by atoms with van der Waals surface area (Å²) in [6, 6.07) is 10.3. The van der Waals surface area contributed by atoms with Crippen LogP contribution in [0.25, 0.3) is 0 Å². The molecule has 0 bridgehead atoms. The highest BCUT2D eigenvalue weighted by molar-refractivity contribution is 6.33. The van der Waals surface area contributed by atoms with E-state index < -0.39 is 5.91 Å². The van der Waals surface area contributed by atoms with E-state index in [0.29, 0.717) is 58.7 Å². The Morgan fingerprint density at radius 2 is 1.90 bits per heavy atom. The van der Waals surface area contributed by atoms with Gasteiger partial charge in [0.15, 0.2) is 5.82 Å². The van der Waals surface area contributed by atoms with Crippen LogP contribution in [0.1, 0.15) is 22.3 Å². The molecule has 41 heavy (non-hydrogen) atoms. The molecule has 12 heteroatoms. The highest BCUT2D eigenvalue weighted by Gasteiger charge is 2.26. The minimum Gasteiger partial charge on any atom is -0.494 e. The number of benzene rings is 2. The summed E-state index contributed by atoms with van der Waals surface area (Å²) in [6.07, 6.45) is 2.57. The fourth-order valence-corrected chi connectivity index (χ4v) is 5.40. The molecule has 218 valence electrons. The number of nitrogens with one attached hydrogen (secondary N) is 2. The number of ether oxygens (including phenoxy) is 2. The SMILES string of the molecule is COc1cc(N2CCOCC2)ccc1Nc1ncc(Cl)c(Nc2c(C)cc(N3CC[C@H](N(C)C)C3)cc2C(N)=O)n1. The second-order valence-electron chi connectivity index (χ2n) is 10.5.